The van der Waals surface area contributed by atoms with Gasteiger partial charge in [-0.2, -0.15) is 5.10 Å². The van der Waals surface area contributed by atoms with Crippen molar-refractivity contribution in [1.29, 1.82) is 0 Å². The van der Waals surface area contributed by atoms with Crippen molar-refractivity contribution >= 4 is 23.5 Å². The van der Waals surface area contributed by atoms with Crippen LogP contribution in [0.15, 0.2) is 64.7 Å². The molecule has 192 valence electrons. The van der Waals surface area contributed by atoms with Gasteiger partial charge in [0.25, 0.3) is 0 Å². The number of piperazine rings is 1. The van der Waals surface area contributed by atoms with Crippen molar-refractivity contribution in [3.8, 4) is 0 Å². The molecule has 0 spiro atoms. The Labute approximate surface area is 215 Å². The molecule has 4 aliphatic heterocycles. The average Bonchev–Trinajstić information content (AvgIpc) is 3.56. The Hall–Kier alpha value is -3.79. The largest absolute Gasteiger partial charge is 0.480 e. The van der Waals surface area contributed by atoms with Crippen molar-refractivity contribution < 1.29 is 14.3 Å². The number of hydrogen-bond donors (Lipinski definition) is 1. The summed E-state index contributed by atoms with van der Waals surface area (Å²) >= 11 is 0. The van der Waals surface area contributed by atoms with Crippen LogP contribution < -0.4 is 4.90 Å². The summed E-state index contributed by atoms with van der Waals surface area (Å²) in [5, 5.41) is 16.0. The van der Waals surface area contributed by atoms with Crippen LogP contribution in [0.5, 0.6) is 0 Å². The first-order chi connectivity index (χ1) is 18.0. The predicted octanol–water partition coefficient (Wildman–Crippen LogP) is 2.90. The third-order valence-electron chi connectivity index (χ3n) is 7.48. The number of aliphatic carboxylic acids is 1. The molecule has 0 saturated carbocycles. The van der Waals surface area contributed by atoms with E-state index in [0.29, 0.717) is 19.6 Å². The highest BCUT2D eigenvalue weighted by Gasteiger charge is 2.35. The molecule has 2 atom stereocenters. The number of likely N-dealkylation sites (tertiary alicyclic amines) is 1. The lowest BCUT2D eigenvalue weighted by atomic mass is 10.0. The van der Waals surface area contributed by atoms with Gasteiger partial charge in [0.05, 0.1) is 24.8 Å². The lowest BCUT2D eigenvalue weighted by Crippen LogP contribution is -2.48. The molecule has 4 aliphatic rings. The summed E-state index contributed by atoms with van der Waals surface area (Å²) in [6, 6.07) is 12.9. The molecular formula is C27H30FN7O2. The molecule has 6 rings (SSSR count). The second-order valence-corrected chi connectivity index (χ2v) is 9.83. The second kappa shape index (κ2) is 9.93. The molecule has 0 radical (unpaired) electrons. The lowest BCUT2D eigenvalue weighted by Gasteiger charge is -2.35. The van der Waals surface area contributed by atoms with E-state index >= 15 is 0 Å². The number of aromatic nitrogens is 1. The van der Waals surface area contributed by atoms with Gasteiger partial charge in [-0.15, -0.1) is 0 Å². The fourth-order valence-electron chi connectivity index (χ4n) is 5.63. The van der Waals surface area contributed by atoms with Crippen molar-refractivity contribution in [3.05, 3.63) is 71.7 Å². The van der Waals surface area contributed by atoms with Crippen LogP contribution in [-0.2, 0) is 4.79 Å². The highest BCUT2D eigenvalue weighted by molar-refractivity contribution is 6.06. The number of carboxylic acids is 1. The number of fused-ring (bicyclic) bond motifs is 1. The van der Waals surface area contributed by atoms with E-state index in [-0.39, 0.29) is 24.4 Å². The van der Waals surface area contributed by atoms with Crippen molar-refractivity contribution in [3.63, 3.8) is 0 Å². The van der Waals surface area contributed by atoms with Crippen LogP contribution in [0, 0.1) is 5.82 Å². The van der Waals surface area contributed by atoms with Crippen molar-refractivity contribution in [2.24, 2.45) is 10.1 Å². The summed E-state index contributed by atoms with van der Waals surface area (Å²) in [6.07, 6.45) is 6.01. The summed E-state index contributed by atoms with van der Waals surface area (Å²) in [6.45, 7) is 4.39. The Morgan fingerprint density at radius 1 is 1.00 bits per heavy atom. The normalized spacial score (nSPS) is 23.8. The summed E-state index contributed by atoms with van der Waals surface area (Å²) < 4.78 is 13.9. The Bertz CT molecular complexity index is 1270. The van der Waals surface area contributed by atoms with Gasteiger partial charge < -0.3 is 14.9 Å². The summed E-state index contributed by atoms with van der Waals surface area (Å²) in [7, 11) is 0. The number of hydrogen-bond acceptors (Lipinski definition) is 8. The first-order valence-corrected chi connectivity index (χ1v) is 12.8. The summed E-state index contributed by atoms with van der Waals surface area (Å²) in [5.41, 5.74) is 1.88. The molecule has 1 aromatic heterocycles. The summed E-state index contributed by atoms with van der Waals surface area (Å²) in [5.74, 6) is 1.57. The number of benzene rings is 1. The third kappa shape index (κ3) is 4.81. The fraction of sp³-hybridized carbons (Fsp3) is 0.407. The molecule has 2 aromatic rings. The monoisotopic (exact) mass is 503 g/mol. The molecule has 0 bridgehead atoms. The van der Waals surface area contributed by atoms with Gasteiger partial charge in [-0.3, -0.25) is 14.7 Å². The number of hydrazone groups is 1. The van der Waals surface area contributed by atoms with E-state index in [0.717, 1.165) is 61.2 Å². The number of aliphatic imine (C=N–C) groups is 1. The Balaban J connectivity index is 1.19. The van der Waals surface area contributed by atoms with Gasteiger partial charge in [0.2, 0.25) is 0 Å². The molecule has 1 aromatic carbocycles. The Morgan fingerprint density at radius 2 is 1.81 bits per heavy atom. The number of amidine groups is 2. The highest BCUT2D eigenvalue weighted by Crippen LogP contribution is 2.35. The van der Waals surface area contributed by atoms with E-state index in [2.05, 4.69) is 9.80 Å². The van der Waals surface area contributed by atoms with Crippen LogP contribution in [0.4, 0.5) is 10.2 Å². The van der Waals surface area contributed by atoms with E-state index in [1.165, 1.54) is 6.07 Å². The lowest BCUT2D eigenvalue weighted by molar-refractivity contribution is -0.138. The molecule has 1 N–H and O–H groups in total. The van der Waals surface area contributed by atoms with E-state index in [1.807, 2.05) is 46.3 Å². The third-order valence-corrected chi connectivity index (χ3v) is 7.48. The minimum atomic E-state index is -0.794. The number of pyridine rings is 1. The van der Waals surface area contributed by atoms with Crippen LogP contribution in [0.2, 0.25) is 0 Å². The molecule has 2 saturated heterocycles. The topological polar surface area (TPSA) is 87.9 Å². The zero-order valence-electron chi connectivity index (χ0n) is 20.6. The van der Waals surface area contributed by atoms with Crippen molar-refractivity contribution in [2.45, 2.75) is 24.9 Å². The smallest absolute Gasteiger partial charge is 0.317 e. The summed E-state index contributed by atoms with van der Waals surface area (Å²) in [4.78, 5) is 27.1. The molecule has 5 heterocycles. The maximum Gasteiger partial charge on any atom is 0.317 e. The number of halogens is 1. The van der Waals surface area contributed by atoms with Gasteiger partial charge in [-0.05, 0) is 54.8 Å². The van der Waals surface area contributed by atoms with Gasteiger partial charge >= 0.3 is 5.97 Å². The Kier molecular flexibility index (Phi) is 6.33. The fourth-order valence-corrected chi connectivity index (χ4v) is 5.63. The molecular weight excluding hydrogens is 473 g/mol. The van der Waals surface area contributed by atoms with Crippen LogP contribution in [0.1, 0.15) is 36.2 Å². The average molecular weight is 504 g/mol. The maximum atomic E-state index is 13.9. The second-order valence-electron chi connectivity index (χ2n) is 9.83. The molecule has 10 heteroatoms. The zero-order chi connectivity index (χ0) is 25.4. The van der Waals surface area contributed by atoms with E-state index in [4.69, 9.17) is 20.2 Å². The van der Waals surface area contributed by atoms with Crippen molar-refractivity contribution in [1.82, 2.24) is 19.8 Å². The highest BCUT2D eigenvalue weighted by atomic mass is 19.1. The molecule has 9 nitrogen and oxygen atoms in total. The number of carbonyl (C=O) groups is 1. The van der Waals surface area contributed by atoms with E-state index in [1.54, 1.807) is 12.1 Å². The molecule has 2 unspecified atom stereocenters. The van der Waals surface area contributed by atoms with Gasteiger partial charge in [0, 0.05) is 32.7 Å². The minimum absolute atomic E-state index is 0.0728. The van der Waals surface area contributed by atoms with Crippen LogP contribution in [-0.4, -0.2) is 88.4 Å². The van der Waals surface area contributed by atoms with E-state index < -0.39 is 5.97 Å². The quantitative estimate of drug-likeness (QED) is 0.671. The number of nitrogens with zero attached hydrogens (tertiary/aromatic N) is 7. The van der Waals surface area contributed by atoms with Gasteiger partial charge in [-0.1, -0.05) is 18.2 Å². The zero-order valence-corrected chi connectivity index (χ0v) is 20.6. The van der Waals surface area contributed by atoms with Gasteiger partial charge in [-0.25, -0.2) is 14.4 Å². The minimum Gasteiger partial charge on any atom is -0.480 e. The molecule has 2 fully saturated rings. The first-order valence-electron chi connectivity index (χ1n) is 12.8. The van der Waals surface area contributed by atoms with Crippen LogP contribution in [0.25, 0.3) is 0 Å². The number of anilines is 1. The molecule has 0 aliphatic carbocycles. The molecule has 0 amide bonds. The SMILES string of the molecule is O=C(O)CN1CCN(c2cccc(C3CN=C4C=CC(N5CCCC5c5cccc(F)c5)=NN43)n2)CC1. The van der Waals surface area contributed by atoms with Gasteiger partial charge in [0.1, 0.15) is 29.3 Å². The predicted molar refractivity (Wildman–Crippen MR) is 139 cm³/mol. The first kappa shape index (κ1) is 23.6. The van der Waals surface area contributed by atoms with Crippen LogP contribution >= 0.6 is 0 Å². The number of rotatable bonds is 5. The number of carboxylic acid groups (broad SMARTS) is 1. The maximum absolute atomic E-state index is 13.9. The van der Waals surface area contributed by atoms with E-state index in [9.17, 15) is 9.18 Å². The standard InChI is InChI=1S/C27H30FN7O2/c28-20-5-1-4-19(16-20)22-7-3-11-34(22)26-10-9-24-29-17-23(35(24)31-26)21-6-2-8-25(30-21)33-14-12-32(13-15-33)18-27(36)37/h1-2,4-6,8-10,16,22-23H,3,7,11-15,17-18H2,(H,36,37). The van der Waals surface area contributed by atoms with Crippen LogP contribution in [0.3, 0.4) is 0 Å². The van der Waals surface area contributed by atoms with Crippen molar-refractivity contribution in [2.75, 3.05) is 50.7 Å². The Morgan fingerprint density at radius 3 is 2.62 bits per heavy atom. The molecule has 37 heavy (non-hydrogen) atoms. The van der Waals surface area contributed by atoms with Gasteiger partial charge in [0.15, 0.2) is 0 Å².